The van der Waals surface area contributed by atoms with Crippen molar-refractivity contribution in [3.8, 4) is 11.4 Å². The van der Waals surface area contributed by atoms with Crippen molar-refractivity contribution in [3.63, 3.8) is 0 Å². The zero-order valence-electron chi connectivity index (χ0n) is 11.2. The van der Waals surface area contributed by atoms with Crippen LogP contribution in [0.25, 0.3) is 16.7 Å². The molecule has 0 radical (unpaired) electrons. The van der Waals surface area contributed by atoms with Crippen LogP contribution in [0.1, 0.15) is 5.56 Å². The summed E-state index contributed by atoms with van der Waals surface area (Å²) >= 11 is 0. The molecule has 0 aliphatic rings. The van der Waals surface area contributed by atoms with E-state index in [0.717, 1.165) is 16.8 Å². The van der Waals surface area contributed by atoms with Crippen molar-refractivity contribution >= 4 is 17.0 Å². The third-order valence-electron chi connectivity index (χ3n) is 3.29. The van der Waals surface area contributed by atoms with E-state index in [1.54, 1.807) is 17.7 Å². The van der Waals surface area contributed by atoms with Crippen molar-refractivity contribution in [1.82, 2.24) is 9.55 Å². The Morgan fingerprint density at radius 3 is 2.75 bits per heavy atom. The van der Waals surface area contributed by atoms with Crippen molar-refractivity contribution < 1.29 is 9.13 Å². The number of anilines is 1. The Morgan fingerprint density at radius 2 is 2.05 bits per heavy atom. The average Bonchev–Trinajstić information content (AvgIpc) is 2.75. The van der Waals surface area contributed by atoms with Crippen molar-refractivity contribution in [2.75, 3.05) is 12.8 Å². The molecule has 0 fully saturated rings. The first kappa shape index (κ1) is 12.5. The van der Waals surface area contributed by atoms with Crippen LogP contribution in [0.2, 0.25) is 0 Å². The van der Waals surface area contributed by atoms with Crippen LogP contribution in [0.3, 0.4) is 0 Å². The first-order chi connectivity index (χ1) is 9.61. The predicted octanol–water partition coefficient (Wildman–Crippen LogP) is 3.06. The molecule has 0 spiro atoms. The van der Waals surface area contributed by atoms with Gasteiger partial charge in [0.05, 0.1) is 18.3 Å². The van der Waals surface area contributed by atoms with Gasteiger partial charge in [0.15, 0.2) is 0 Å². The normalized spacial score (nSPS) is 10.9. The number of halogens is 1. The van der Waals surface area contributed by atoms with E-state index in [2.05, 4.69) is 4.98 Å². The Bertz CT molecular complexity index is 795. The summed E-state index contributed by atoms with van der Waals surface area (Å²) < 4.78 is 20.3. The van der Waals surface area contributed by atoms with Crippen molar-refractivity contribution in [2.24, 2.45) is 0 Å². The number of methoxy groups -OCH3 is 1. The van der Waals surface area contributed by atoms with Crippen LogP contribution < -0.4 is 10.5 Å². The Kier molecular flexibility index (Phi) is 2.82. The first-order valence-electron chi connectivity index (χ1n) is 6.19. The zero-order valence-corrected chi connectivity index (χ0v) is 11.2. The van der Waals surface area contributed by atoms with Crippen LogP contribution in [0.5, 0.6) is 5.75 Å². The molecule has 0 aliphatic carbocycles. The SMILES string of the molecule is COc1cccc2c1nc(N)n2-c1ccc(F)cc1C. The monoisotopic (exact) mass is 271 g/mol. The second-order valence-electron chi connectivity index (χ2n) is 4.56. The summed E-state index contributed by atoms with van der Waals surface area (Å²) in [5.41, 5.74) is 9.14. The number of nitrogens with zero attached hydrogens (tertiary/aromatic N) is 2. The molecule has 0 atom stereocenters. The zero-order chi connectivity index (χ0) is 14.3. The topological polar surface area (TPSA) is 53.1 Å². The molecule has 0 saturated carbocycles. The van der Waals surface area contributed by atoms with Gasteiger partial charge in [-0.3, -0.25) is 4.57 Å². The fourth-order valence-electron chi connectivity index (χ4n) is 2.38. The smallest absolute Gasteiger partial charge is 0.206 e. The molecule has 0 bridgehead atoms. The highest BCUT2D eigenvalue weighted by molar-refractivity contribution is 5.86. The van der Waals surface area contributed by atoms with Gasteiger partial charge in [-0.15, -0.1) is 0 Å². The molecule has 0 aliphatic heterocycles. The minimum atomic E-state index is -0.271. The fourth-order valence-corrected chi connectivity index (χ4v) is 2.38. The van der Waals surface area contributed by atoms with Gasteiger partial charge < -0.3 is 10.5 Å². The summed E-state index contributed by atoms with van der Waals surface area (Å²) in [6, 6.07) is 10.2. The summed E-state index contributed by atoms with van der Waals surface area (Å²) in [6.45, 7) is 1.84. The number of imidazole rings is 1. The number of fused-ring (bicyclic) bond motifs is 1. The third-order valence-corrected chi connectivity index (χ3v) is 3.29. The molecule has 4 nitrogen and oxygen atoms in total. The van der Waals surface area contributed by atoms with Gasteiger partial charge in [-0.2, -0.15) is 0 Å². The number of ether oxygens (including phenoxy) is 1. The lowest BCUT2D eigenvalue weighted by Crippen LogP contribution is -2.02. The lowest BCUT2D eigenvalue weighted by molar-refractivity contribution is 0.419. The van der Waals surface area contributed by atoms with Crippen LogP contribution in [-0.4, -0.2) is 16.7 Å². The molecular weight excluding hydrogens is 257 g/mol. The number of nitrogens with two attached hydrogens (primary N) is 1. The fraction of sp³-hybridized carbons (Fsp3) is 0.133. The molecule has 5 heteroatoms. The second-order valence-corrected chi connectivity index (χ2v) is 4.56. The number of para-hydroxylation sites is 1. The molecule has 0 amide bonds. The maximum Gasteiger partial charge on any atom is 0.206 e. The molecule has 0 unspecified atom stereocenters. The number of hydrogen-bond donors (Lipinski definition) is 1. The largest absolute Gasteiger partial charge is 0.494 e. The van der Waals surface area contributed by atoms with Crippen molar-refractivity contribution in [3.05, 3.63) is 47.8 Å². The molecule has 2 aromatic carbocycles. The lowest BCUT2D eigenvalue weighted by Gasteiger charge is -2.10. The van der Waals surface area contributed by atoms with Crippen LogP contribution in [0, 0.1) is 12.7 Å². The number of benzene rings is 2. The van der Waals surface area contributed by atoms with E-state index in [1.165, 1.54) is 12.1 Å². The minimum Gasteiger partial charge on any atom is -0.494 e. The van der Waals surface area contributed by atoms with Gasteiger partial charge in [-0.05, 0) is 42.8 Å². The summed E-state index contributed by atoms with van der Waals surface area (Å²) in [5.74, 6) is 0.735. The van der Waals surface area contributed by atoms with E-state index in [1.807, 2.05) is 25.1 Å². The Hall–Kier alpha value is -2.56. The van der Waals surface area contributed by atoms with Crippen LogP contribution in [0.4, 0.5) is 10.3 Å². The van der Waals surface area contributed by atoms with E-state index in [4.69, 9.17) is 10.5 Å². The highest BCUT2D eigenvalue weighted by Crippen LogP contribution is 2.30. The predicted molar refractivity (Wildman–Crippen MR) is 76.7 cm³/mol. The second kappa shape index (κ2) is 4.52. The summed E-state index contributed by atoms with van der Waals surface area (Å²) in [7, 11) is 1.59. The van der Waals surface area contributed by atoms with E-state index >= 15 is 0 Å². The van der Waals surface area contributed by atoms with Crippen LogP contribution in [0.15, 0.2) is 36.4 Å². The number of aryl methyl sites for hydroxylation is 1. The molecule has 2 N–H and O–H groups in total. The van der Waals surface area contributed by atoms with Gasteiger partial charge in [0.1, 0.15) is 17.1 Å². The van der Waals surface area contributed by atoms with E-state index < -0.39 is 0 Å². The molecule has 1 heterocycles. The first-order valence-corrected chi connectivity index (χ1v) is 6.19. The Labute approximate surface area is 115 Å². The molecule has 102 valence electrons. The maximum atomic E-state index is 13.2. The number of rotatable bonds is 2. The van der Waals surface area contributed by atoms with E-state index in [0.29, 0.717) is 17.2 Å². The standard InChI is InChI=1S/C15H14FN3O/c1-9-8-10(16)6-7-11(9)19-12-4-3-5-13(20-2)14(12)18-15(19)17/h3-8H,1-2H3,(H2,17,18). The average molecular weight is 271 g/mol. The van der Waals surface area contributed by atoms with Crippen LogP contribution in [-0.2, 0) is 0 Å². The molecule has 20 heavy (non-hydrogen) atoms. The molecule has 3 aromatic rings. The summed E-state index contributed by atoms with van der Waals surface area (Å²) in [6.07, 6.45) is 0. The van der Waals surface area contributed by atoms with E-state index in [9.17, 15) is 4.39 Å². The third kappa shape index (κ3) is 1.79. The van der Waals surface area contributed by atoms with Gasteiger partial charge in [-0.25, -0.2) is 9.37 Å². The van der Waals surface area contributed by atoms with Gasteiger partial charge in [-0.1, -0.05) is 6.07 Å². The van der Waals surface area contributed by atoms with E-state index in [-0.39, 0.29) is 5.82 Å². The molecule has 0 saturated heterocycles. The number of nitrogen functional groups attached to an aromatic ring is 1. The Morgan fingerprint density at radius 1 is 1.25 bits per heavy atom. The molecule has 1 aromatic heterocycles. The lowest BCUT2D eigenvalue weighted by atomic mass is 10.2. The Balaban J connectivity index is 2.34. The van der Waals surface area contributed by atoms with Crippen molar-refractivity contribution in [1.29, 1.82) is 0 Å². The van der Waals surface area contributed by atoms with Gasteiger partial charge in [0.2, 0.25) is 5.95 Å². The highest BCUT2D eigenvalue weighted by atomic mass is 19.1. The quantitative estimate of drug-likeness (QED) is 0.779. The summed E-state index contributed by atoms with van der Waals surface area (Å²) in [5, 5.41) is 0. The van der Waals surface area contributed by atoms with Crippen LogP contribution >= 0.6 is 0 Å². The number of aromatic nitrogens is 2. The minimum absolute atomic E-state index is 0.271. The number of hydrogen-bond acceptors (Lipinski definition) is 3. The molecular formula is C15H14FN3O. The maximum absolute atomic E-state index is 13.2. The summed E-state index contributed by atoms with van der Waals surface area (Å²) in [4.78, 5) is 4.35. The van der Waals surface area contributed by atoms with Gasteiger partial charge in [0, 0.05) is 0 Å². The highest BCUT2D eigenvalue weighted by Gasteiger charge is 2.14. The molecule has 3 rings (SSSR count). The van der Waals surface area contributed by atoms with Crippen molar-refractivity contribution in [2.45, 2.75) is 6.92 Å². The van der Waals surface area contributed by atoms with Gasteiger partial charge in [0.25, 0.3) is 0 Å². The van der Waals surface area contributed by atoms with Gasteiger partial charge >= 0.3 is 0 Å².